The van der Waals surface area contributed by atoms with E-state index in [1.54, 1.807) is 0 Å². The molecule has 0 spiro atoms. The van der Waals surface area contributed by atoms with Gasteiger partial charge < -0.3 is 16.0 Å². The molecule has 1 aromatic heterocycles. The van der Waals surface area contributed by atoms with E-state index in [0.29, 0.717) is 21.7 Å². The minimum Gasteiger partial charge on any atom is -0.382 e. The van der Waals surface area contributed by atoms with Crippen LogP contribution >= 0.6 is 11.3 Å². The fourth-order valence-corrected chi connectivity index (χ4v) is 2.67. The topological polar surface area (TPSA) is 71.2 Å². The molecule has 0 fully saturated rings. The van der Waals surface area contributed by atoms with E-state index in [2.05, 4.69) is 24.1 Å². The van der Waals surface area contributed by atoms with E-state index in [-0.39, 0.29) is 11.9 Å². The second-order valence-electron chi connectivity index (χ2n) is 5.21. The van der Waals surface area contributed by atoms with Crippen molar-refractivity contribution in [1.29, 1.82) is 0 Å². The van der Waals surface area contributed by atoms with E-state index in [1.807, 2.05) is 25.7 Å². The Morgan fingerprint density at radius 1 is 1.42 bits per heavy atom. The van der Waals surface area contributed by atoms with Crippen molar-refractivity contribution in [3.8, 4) is 0 Å². The maximum atomic E-state index is 12.5. The summed E-state index contributed by atoms with van der Waals surface area (Å²) < 4.78 is 0. The van der Waals surface area contributed by atoms with Gasteiger partial charge in [0.15, 0.2) is 5.13 Å². The van der Waals surface area contributed by atoms with Gasteiger partial charge >= 0.3 is 0 Å². The van der Waals surface area contributed by atoms with E-state index in [0.717, 1.165) is 13.1 Å². The number of thiazole rings is 1. The fourth-order valence-electron chi connectivity index (χ4n) is 1.76. The number of aromatic nitrogens is 1. The summed E-state index contributed by atoms with van der Waals surface area (Å²) in [4.78, 5) is 19.1. The van der Waals surface area contributed by atoms with E-state index in [4.69, 9.17) is 5.73 Å². The van der Waals surface area contributed by atoms with Crippen LogP contribution in [0.1, 0.15) is 44.3 Å². The molecular weight excluding hydrogens is 260 g/mol. The van der Waals surface area contributed by atoms with Gasteiger partial charge in [0.05, 0.1) is 0 Å². The Morgan fingerprint density at radius 2 is 2.05 bits per heavy atom. The third-order valence-electron chi connectivity index (χ3n) is 2.62. The molecule has 0 aliphatic rings. The standard InChI is InChI=1S/C13H24N4OS/c1-6-15-13-16-11(14)10(19-13)12(18)17(9(4)5)7-8(2)3/h8-9H,6-7,14H2,1-5H3,(H,15,16). The molecule has 19 heavy (non-hydrogen) atoms. The van der Waals surface area contributed by atoms with Crippen molar-refractivity contribution in [2.45, 2.75) is 40.7 Å². The maximum Gasteiger partial charge on any atom is 0.268 e. The molecule has 6 heteroatoms. The van der Waals surface area contributed by atoms with Gasteiger partial charge in [-0.2, -0.15) is 0 Å². The summed E-state index contributed by atoms with van der Waals surface area (Å²) in [6, 6.07) is 0.152. The number of rotatable bonds is 6. The highest BCUT2D eigenvalue weighted by Crippen LogP contribution is 2.27. The molecule has 0 aliphatic heterocycles. The van der Waals surface area contributed by atoms with E-state index in [9.17, 15) is 4.79 Å². The largest absolute Gasteiger partial charge is 0.382 e. The number of carbonyl (C=O) groups excluding carboxylic acids is 1. The third-order valence-corrected chi connectivity index (χ3v) is 3.64. The highest BCUT2D eigenvalue weighted by atomic mass is 32.1. The summed E-state index contributed by atoms with van der Waals surface area (Å²) >= 11 is 1.33. The molecule has 1 aromatic rings. The summed E-state index contributed by atoms with van der Waals surface area (Å²) in [5.74, 6) is 0.719. The molecule has 0 saturated carbocycles. The molecular formula is C13H24N4OS. The SMILES string of the molecule is CCNc1nc(N)c(C(=O)N(CC(C)C)C(C)C)s1. The van der Waals surface area contributed by atoms with Crippen LogP contribution in [0.25, 0.3) is 0 Å². The molecule has 1 amide bonds. The van der Waals surface area contributed by atoms with Crippen LogP contribution in [0.4, 0.5) is 10.9 Å². The minimum atomic E-state index is -0.0251. The lowest BCUT2D eigenvalue weighted by Crippen LogP contribution is -2.39. The van der Waals surface area contributed by atoms with Crippen molar-refractivity contribution in [3.63, 3.8) is 0 Å². The summed E-state index contributed by atoms with van der Waals surface area (Å²) in [5.41, 5.74) is 5.85. The zero-order valence-electron chi connectivity index (χ0n) is 12.4. The molecule has 0 aromatic carbocycles. The molecule has 5 nitrogen and oxygen atoms in total. The van der Waals surface area contributed by atoms with Crippen LogP contribution in [0.5, 0.6) is 0 Å². The van der Waals surface area contributed by atoms with Crippen LogP contribution in [0.3, 0.4) is 0 Å². The van der Waals surface area contributed by atoms with Gasteiger partial charge in [-0.3, -0.25) is 4.79 Å². The van der Waals surface area contributed by atoms with Crippen molar-refractivity contribution >= 4 is 28.2 Å². The van der Waals surface area contributed by atoms with Crippen LogP contribution in [-0.4, -0.2) is 34.9 Å². The molecule has 1 heterocycles. The van der Waals surface area contributed by atoms with Gasteiger partial charge in [0, 0.05) is 19.1 Å². The predicted octanol–water partition coefficient (Wildman–Crippen LogP) is 2.66. The quantitative estimate of drug-likeness (QED) is 0.842. The van der Waals surface area contributed by atoms with Crippen molar-refractivity contribution in [3.05, 3.63) is 4.88 Å². The first-order valence-electron chi connectivity index (χ1n) is 6.67. The van der Waals surface area contributed by atoms with E-state index >= 15 is 0 Å². The average molecular weight is 284 g/mol. The number of hydrogen-bond donors (Lipinski definition) is 2. The second kappa shape index (κ2) is 6.75. The Kier molecular flexibility index (Phi) is 5.60. The second-order valence-corrected chi connectivity index (χ2v) is 6.21. The highest BCUT2D eigenvalue weighted by molar-refractivity contribution is 7.18. The predicted molar refractivity (Wildman–Crippen MR) is 81.7 cm³/mol. The summed E-state index contributed by atoms with van der Waals surface area (Å²) in [6.07, 6.45) is 0. The zero-order valence-corrected chi connectivity index (χ0v) is 13.2. The summed E-state index contributed by atoms with van der Waals surface area (Å²) in [5, 5.41) is 3.79. The Hall–Kier alpha value is -1.30. The van der Waals surface area contributed by atoms with Crippen LogP contribution in [-0.2, 0) is 0 Å². The van der Waals surface area contributed by atoms with Gasteiger partial charge in [0.1, 0.15) is 10.7 Å². The molecule has 0 saturated heterocycles. The van der Waals surface area contributed by atoms with Crippen molar-refractivity contribution in [1.82, 2.24) is 9.88 Å². The third kappa shape index (κ3) is 4.09. The first kappa shape index (κ1) is 15.8. The summed E-state index contributed by atoms with van der Waals surface area (Å²) in [7, 11) is 0. The Morgan fingerprint density at radius 3 is 2.53 bits per heavy atom. The lowest BCUT2D eigenvalue weighted by atomic mass is 10.1. The molecule has 1 rings (SSSR count). The number of anilines is 2. The molecule has 0 atom stereocenters. The number of nitrogens with one attached hydrogen (secondary N) is 1. The van der Waals surface area contributed by atoms with Crippen LogP contribution in [0.15, 0.2) is 0 Å². The van der Waals surface area contributed by atoms with Gasteiger partial charge in [-0.15, -0.1) is 0 Å². The minimum absolute atomic E-state index is 0.0251. The first-order chi connectivity index (χ1) is 8.86. The Bertz CT molecular complexity index is 428. The van der Waals surface area contributed by atoms with Crippen LogP contribution < -0.4 is 11.1 Å². The smallest absolute Gasteiger partial charge is 0.268 e. The normalized spacial score (nSPS) is 11.1. The molecule has 0 aliphatic carbocycles. The monoisotopic (exact) mass is 284 g/mol. The van der Waals surface area contributed by atoms with Gasteiger partial charge in [-0.1, -0.05) is 25.2 Å². The van der Waals surface area contributed by atoms with Crippen molar-refractivity contribution in [2.75, 3.05) is 24.1 Å². The first-order valence-corrected chi connectivity index (χ1v) is 7.49. The van der Waals surface area contributed by atoms with Gasteiger partial charge in [0.2, 0.25) is 0 Å². The van der Waals surface area contributed by atoms with Crippen molar-refractivity contribution in [2.24, 2.45) is 5.92 Å². The number of amides is 1. The fraction of sp³-hybridized carbons (Fsp3) is 0.692. The lowest BCUT2D eigenvalue weighted by molar-refractivity contribution is 0.0688. The molecule has 0 radical (unpaired) electrons. The molecule has 3 N–H and O–H groups in total. The number of carbonyl (C=O) groups is 1. The average Bonchev–Trinajstić information content (AvgIpc) is 2.66. The molecule has 0 bridgehead atoms. The highest BCUT2D eigenvalue weighted by Gasteiger charge is 2.24. The van der Waals surface area contributed by atoms with Crippen LogP contribution in [0.2, 0.25) is 0 Å². The maximum absolute atomic E-state index is 12.5. The molecule has 108 valence electrons. The van der Waals surface area contributed by atoms with Crippen LogP contribution in [0, 0.1) is 5.92 Å². The van der Waals surface area contributed by atoms with E-state index in [1.165, 1.54) is 11.3 Å². The van der Waals surface area contributed by atoms with Gasteiger partial charge in [-0.05, 0) is 26.7 Å². The van der Waals surface area contributed by atoms with Gasteiger partial charge in [0.25, 0.3) is 5.91 Å². The van der Waals surface area contributed by atoms with E-state index < -0.39 is 0 Å². The number of nitrogens with zero attached hydrogens (tertiary/aromatic N) is 2. The number of nitrogens with two attached hydrogens (primary N) is 1. The van der Waals surface area contributed by atoms with Gasteiger partial charge in [-0.25, -0.2) is 4.98 Å². The zero-order chi connectivity index (χ0) is 14.6. The number of hydrogen-bond acceptors (Lipinski definition) is 5. The Balaban J connectivity index is 2.95. The molecule has 0 unspecified atom stereocenters. The van der Waals surface area contributed by atoms with Crippen molar-refractivity contribution < 1.29 is 4.79 Å². The number of nitrogen functional groups attached to an aromatic ring is 1. The lowest BCUT2D eigenvalue weighted by Gasteiger charge is -2.28. The Labute approximate surface area is 119 Å². The summed E-state index contributed by atoms with van der Waals surface area (Å²) in [6.45, 7) is 11.7.